The second kappa shape index (κ2) is 8.01. The number of nitriles is 1. The molecule has 0 spiro atoms. The average Bonchev–Trinajstić information content (AvgIpc) is 3.16. The molecule has 4 rings (SSSR count). The molecule has 140 valence electrons. The Hall–Kier alpha value is -3.88. The third-order valence-electron chi connectivity index (χ3n) is 4.49. The van der Waals surface area contributed by atoms with Crippen molar-refractivity contribution in [3.63, 3.8) is 0 Å². The normalized spacial score (nSPS) is 10.9. The molecule has 5 nitrogen and oxygen atoms in total. The summed E-state index contributed by atoms with van der Waals surface area (Å²) in [6.07, 6.45) is 1.52. The highest BCUT2D eigenvalue weighted by atomic mass is 35.5. The van der Waals surface area contributed by atoms with Crippen molar-refractivity contribution in [1.82, 2.24) is 10.4 Å². The van der Waals surface area contributed by atoms with E-state index in [0.717, 1.165) is 22.1 Å². The number of para-hydroxylation sites is 1. The fourth-order valence-corrected chi connectivity index (χ4v) is 3.34. The number of carbonyl (C=O) groups is 1. The summed E-state index contributed by atoms with van der Waals surface area (Å²) in [5.41, 5.74) is 6.66. The summed E-state index contributed by atoms with van der Waals surface area (Å²) in [6.45, 7) is 0. The van der Waals surface area contributed by atoms with Crippen molar-refractivity contribution in [3.05, 3.63) is 94.6 Å². The molecule has 0 aliphatic rings. The molecular formula is C23H15ClN4O. The number of carbonyl (C=O) groups excluding carboxylic acids is 1. The average molecular weight is 399 g/mol. The molecule has 0 aliphatic carbocycles. The number of hydrogen-bond donors (Lipinski definition) is 2. The molecule has 3 aromatic carbocycles. The maximum atomic E-state index is 12.9. The number of hydrogen-bond acceptors (Lipinski definition) is 3. The standard InChI is InChI=1S/C23H15ClN4O/c24-19-8-4-7-18-20(17-5-2-1-3-6-17)22(27-21(18)19)23(29)28-26-14-16-11-9-15(13-25)10-12-16/h1-12,14,27H,(H,28,29). The number of amides is 1. The van der Waals surface area contributed by atoms with E-state index in [0.29, 0.717) is 21.8 Å². The Kier molecular flexibility index (Phi) is 5.10. The summed E-state index contributed by atoms with van der Waals surface area (Å²) in [7, 11) is 0. The smallest absolute Gasteiger partial charge is 0.288 e. The monoisotopic (exact) mass is 398 g/mol. The maximum Gasteiger partial charge on any atom is 0.288 e. The Labute approximate surface area is 172 Å². The Balaban J connectivity index is 1.67. The molecule has 1 aromatic heterocycles. The summed E-state index contributed by atoms with van der Waals surface area (Å²) in [6, 6.07) is 24.2. The van der Waals surface area contributed by atoms with E-state index in [1.807, 2.05) is 42.5 Å². The van der Waals surface area contributed by atoms with Crippen LogP contribution in [0.3, 0.4) is 0 Å². The van der Waals surface area contributed by atoms with Crippen LogP contribution in [0.4, 0.5) is 0 Å². The fraction of sp³-hybridized carbons (Fsp3) is 0. The van der Waals surface area contributed by atoms with Crippen LogP contribution in [0.1, 0.15) is 21.6 Å². The molecule has 0 fully saturated rings. The van der Waals surface area contributed by atoms with Gasteiger partial charge in [0.25, 0.3) is 5.91 Å². The van der Waals surface area contributed by atoms with Crippen molar-refractivity contribution < 1.29 is 4.79 Å². The molecule has 0 saturated heterocycles. The molecule has 0 saturated carbocycles. The largest absolute Gasteiger partial charge is 0.349 e. The van der Waals surface area contributed by atoms with Gasteiger partial charge >= 0.3 is 0 Å². The molecule has 0 unspecified atom stereocenters. The quantitative estimate of drug-likeness (QED) is 0.369. The van der Waals surface area contributed by atoms with E-state index < -0.39 is 0 Å². The number of rotatable bonds is 4. The van der Waals surface area contributed by atoms with E-state index in [2.05, 4.69) is 21.6 Å². The van der Waals surface area contributed by atoms with Gasteiger partial charge in [0.05, 0.1) is 28.4 Å². The van der Waals surface area contributed by atoms with E-state index in [1.54, 1.807) is 30.3 Å². The molecule has 1 heterocycles. The second-order valence-corrected chi connectivity index (χ2v) is 6.74. The molecule has 0 atom stereocenters. The van der Waals surface area contributed by atoms with Gasteiger partial charge in [0.1, 0.15) is 5.69 Å². The Bertz CT molecular complexity index is 1250. The van der Waals surface area contributed by atoms with Crippen molar-refractivity contribution in [2.45, 2.75) is 0 Å². The number of aromatic amines is 1. The lowest BCUT2D eigenvalue weighted by Crippen LogP contribution is -2.18. The molecule has 0 bridgehead atoms. The Morgan fingerprint density at radius 2 is 1.79 bits per heavy atom. The predicted molar refractivity (Wildman–Crippen MR) is 115 cm³/mol. The van der Waals surface area contributed by atoms with Crippen molar-refractivity contribution in [3.8, 4) is 17.2 Å². The summed E-state index contributed by atoms with van der Waals surface area (Å²) < 4.78 is 0. The van der Waals surface area contributed by atoms with Crippen LogP contribution in [0.25, 0.3) is 22.0 Å². The molecule has 4 aromatic rings. The van der Waals surface area contributed by atoms with Crippen LogP contribution in [0.2, 0.25) is 5.02 Å². The van der Waals surface area contributed by atoms with Gasteiger partial charge in [-0.05, 0) is 29.3 Å². The number of benzene rings is 3. The zero-order valence-electron chi connectivity index (χ0n) is 15.2. The number of nitrogens with zero attached hydrogens (tertiary/aromatic N) is 2. The predicted octanol–water partition coefficient (Wildman–Crippen LogP) is 5.12. The number of hydrazone groups is 1. The van der Waals surface area contributed by atoms with Crippen molar-refractivity contribution >= 4 is 34.6 Å². The van der Waals surface area contributed by atoms with Gasteiger partial charge in [0.15, 0.2) is 0 Å². The summed E-state index contributed by atoms with van der Waals surface area (Å²) in [5, 5.41) is 14.3. The van der Waals surface area contributed by atoms with Crippen molar-refractivity contribution in [2.75, 3.05) is 0 Å². The van der Waals surface area contributed by atoms with Crippen molar-refractivity contribution in [1.29, 1.82) is 5.26 Å². The van der Waals surface area contributed by atoms with Gasteiger partial charge in [-0.25, -0.2) is 5.43 Å². The number of H-pyrrole nitrogens is 1. The highest BCUT2D eigenvalue weighted by Crippen LogP contribution is 2.35. The molecule has 29 heavy (non-hydrogen) atoms. The van der Waals surface area contributed by atoms with E-state index >= 15 is 0 Å². The summed E-state index contributed by atoms with van der Waals surface area (Å²) in [4.78, 5) is 16.0. The van der Waals surface area contributed by atoms with Gasteiger partial charge in [0, 0.05) is 10.9 Å². The summed E-state index contributed by atoms with van der Waals surface area (Å²) in [5.74, 6) is -0.374. The number of aromatic nitrogens is 1. The summed E-state index contributed by atoms with van der Waals surface area (Å²) >= 11 is 6.33. The number of fused-ring (bicyclic) bond motifs is 1. The highest BCUT2D eigenvalue weighted by Gasteiger charge is 2.20. The fourth-order valence-electron chi connectivity index (χ4n) is 3.12. The van der Waals surface area contributed by atoms with Crippen LogP contribution < -0.4 is 5.43 Å². The minimum atomic E-state index is -0.374. The van der Waals surface area contributed by atoms with Crippen LogP contribution >= 0.6 is 11.6 Å². The van der Waals surface area contributed by atoms with Gasteiger partial charge in [0.2, 0.25) is 0 Å². The van der Waals surface area contributed by atoms with E-state index in [4.69, 9.17) is 16.9 Å². The first-order valence-electron chi connectivity index (χ1n) is 8.86. The maximum absolute atomic E-state index is 12.9. The van der Waals surface area contributed by atoms with Crippen LogP contribution in [0.15, 0.2) is 77.9 Å². The van der Waals surface area contributed by atoms with Gasteiger partial charge in [-0.3, -0.25) is 4.79 Å². The minimum absolute atomic E-state index is 0.374. The zero-order chi connectivity index (χ0) is 20.2. The lowest BCUT2D eigenvalue weighted by atomic mass is 10.0. The van der Waals surface area contributed by atoms with Gasteiger partial charge in [-0.1, -0.05) is 66.2 Å². The molecule has 6 heteroatoms. The Morgan fingerprint density at radius 1 is 1.03 bits per heavy atom. The van der Waals surface area contributed by atoms with Crippen LogP contribution in [0, 0.1) is 11.3 Å². The third-order valence-corrected chi connectivity index (χ3v) is 4.81. The second-order valence-electron chi connectivity index (χ2n) is 6.34. The molecular weight excluding hydrogens is 384 g/mol. The van der Waals surface area contributed by atoms with Gasteiger partial charge in [-0.2, -0.15) is 10.4 Å². The van der Waals surface area contributed by atoms with Crippen molar-refractivity contribution in [2.24, 2.45) is 5.10 Å². The SMILES string of the molecule is N#Cc1ccc(C=NNC(=O)c2[nH]c3c(Cl)cccc3c2-c2ccccc2)cc1. The molecule has 2 N–H and O–H groups in total. The first kappa shape index (κ1) is 18.5. The first-order chi connectivity index (χ1) is 14.2. The van der Waals surface area contributed by atoms with E-state index in [-0.39, 0.29) is 5.91 Å². The Morgan fingerprint density at radius 3 is 2.52 bits per heavy atom. The minimum Gasteiger partial charge on any atom is -0.349 e. The third kappa shape index (κ3) is 3.75. The number of nitrogens with one attached hydrogen (secondary N) is 2. The van der Waals surface area contributed by atoms with Crippen LogP contribution in [0.5, 0.6) is 0 Å². The molecule has 0 aliphatic heterocycles. The lowest BCUT2D eigenvalue weighted by molar-refractivity contribution is 0.0951. The van der Waals surface area contributed by atoms with E-state index in [1.165, 1.54) is 6.21 Å². The van der Waals surface area contributed by atoms with Crippen LogP contribution in [-0.4, -0.2) is 17.1 Å². The molecule has 1 amide bonds. The lowest BCUT2D eigenvalue weighted by Gasteiger charge is -2.04. The van der Waals surface area contributed by atoms with Gasteiger partial charge in [-0.15, -0.1) is 0 Å². The van der Waals surface area contributed by atoms with Crippen LogP contribution in [-0.2, 0) is 0 Å². The van der Waals surface area contributed by atoms with E-state index in [9.17, 15) is 4.79 Å². The van der Waals surface area contributed by atoms with Gasteiger partial charge < -0.3 is 4.98 Å². The topological polar surface area (TPSA) is 81.0 Å². The molecule has 0 radical (unpaired) electrons. The number of halogens is 1. The first-order valence-corrected chi connectivity index (χ1v) is 9.24. The zero-order valence-corrected chi connectivity index (χ0v) is 15.9. The highest BCUT2D eigenvalue weighted by molar-refractivity contribution is 6.36.